The highest BCUT2D eigenvalue weighted by Crippen LogP contribution is 2.22. The third-order valence-corrected chi connectivity index (χ3v) is 4.32. The summed E-state index contributed by atoms with van der Waals surface area (Å²) in [5, 5.41) is 0. The van der Waals surface area contributed by atoms with E-state index in [-0.39, 0.29) is 11.9 Å². The number of hydrogen-bond donors (Lipinski definition) is 0. The molecule has 1 amide bonds. The maximum absolute atomic E-state index is 12.5. The van der Waals surface area contributed by atoms with E-state index in [0.29, 0.717) is 18.5 Å². The molecule has 0 radical (unpaired) electrons. The number of hydrogen-bond acceptors (Lipinski definition) is 4. The number of amides is 1. The molecule has 1 fully saturated rings. The number of carbonyl (C=O) groups excluding carboxylic acids is 2. The molecule has 4 nitrogen and oxygen atoms in total. The summed E-state index contributed by atoms with van der Waals surface area (Å²) in [5.41, 5.74) is 0.624. The van der Waals surface area contributed by atoms with E-state index in [1.807, 2.05) is 30.5 Å². The van der Waals surface area contributed by atoms with Crippen LogP contribution in [0.5, 0.6) is 0 Å². The van der Waals surface area contributed by atoms with Crippen LogP contribution in [0.25, 0.3) is 0 Å². The van der Waals surface area contributed by atoms with Crippen LogP contribution in [-0.4, -0.2) is 42.7 Å². The molecule has 0 spiro atoms. The Kier molecular flexibility index (Phi) is 5.06. The minimum Gasteiger partial charge on any atom is -0.467 e. The Morgan fingerprint density at radius 1 is 1.25 bits per heavy atom. The number of benzene rings is 1. The molecule has 2 rings (SSSR count). The Hall–Kier alpha value is -1.49. The number of thioether (sulfide) groups is 1. The van der Waals surface area contributed by atoms with Crippen LogP contribution in [0.2, 0.25) is 0 Å². The summed E-state index contributed by atoms with van der Waals surface area (Å²) in [4.78, 5) is 27.1. The second kappa shape index (κ2) is 6.79. The first kappa shape index (κ1) is 14.9. The average molecular weight is 293 g/mol. The zero-order valence-electron chi connectivity index (χ0n) is 11.8. The maximum atomic E-state index is 12.5. The molecule has 5 heteroatoms. The van der Waals surface area contributed by atoms with E-state index < -0.39 is 6.04 Å². The van der Waals surface area contributed by atoms with Crippen molar-refractivity contribution < 1.29 is 14.3 Å². The molecule has 108 valence electrons. The van der Waals surface area contributed by atoms with Crippen LogP contribution < -0.4 is 0 Å². The third-order valence-electron chi connectivity index (χ3n) is 3.57. The molecule has 20 heavy (non-hydrogen) atoms. The van der Waals surface area contributed by atoms with Crippen LogP contribution in [0.4, 0.5) is 0 Å². The van der Waals surface area contributed by atoms with Gasteiger partial charge in [0.1, 0.15) is 6.04 Å². The van der Waals surface area contributed by atoms with Crippen molar-refractivity contribution in [2.45, 2.75) is 30.2 Å². The lowest BCUT2D eigenvalue weighted by Crippen LogP contribution is -2.48. The van der Waals surface area contributed by atoms with Crippen molar-refractivity contribution in [3.63, 3.8) is 0 Å². The molecule has 0 unspecified atom stereocenters. The number of esters is 1. The SMILES string of the molecule is COC(=O)[C@H]1CCCCN1C(=O)c1ccc(SC)cc1. The van der Waals surface area contributed by atoms with Gasteiger partial charge in [-0.1, -0.05) is 0 Å². The fourth-order valence-corrected chi connectivity index (χ4v) is 2.86. The molecule has 1 atom stereocenters. The standard InChI is InChI=1S/C15H19NO3S/c1-19-15(18)13-5-3-4-10-16(13)14(17)11-6-8-12(20-2)9-7-11/h6-9,13H,3-5,10H2,1-2H3/t13-/m1/s1. The molecule has 1 aromatic carbocycles. The summed E-state index contributed by atoms with van der Waals surface area (Å²) >= 11 is 1.63. The molecule has 0 N–H and O–H groups in total. The van der Waals surface area contributed by atoms with Crippen molar-refractivity contribution in [1.29, 1.82) is 0 Å². The van der Waals surface area contributed by atoms with E-state index in [1.165, 1.54) is 7.11 Å². The lowest BCUT2D eigenvalue weighted by Gasteiger charge is -2.33. The van der Waals surface area contributed by atoms with Gasteiger partial charge in [-0.05, 0) is 49.8 Å². The fourth-order valence-electron chi connectivity index (χ4n) is 2.46. The molecule has 1 saturated heterocycles. The van der Waals surface area contributed by atoms with E-state index in [1.54, 1.807) is 16.7 Å². The third kappa shape index (κ3) is 3.15. The molecule has 0 saturated carbocycles. The predicted molar refractivity (Wildman–Crippen MR) is 78.9 cm³/mol. The van der Waals surface area contributed by atoms with Crippen molar-refractivity contribution in [1.82, 2.24) is 4.90 Å². The molecule has 0 aromatic heterocycles. The first-order valence-corrected chi connectivity index (χ1v) is 7.92. The zero-order valence-corrected chi connectivity index (χ0v) is 12.6. The number of methoxy groups -OCH3 is 1. The van der Waals surface area contributed by atoms with Gasteiger partial charge < -0.3 is 9.64 Å². The highest BCUT2D eigenvalue weighted by molar-refractivity contribution is 7.98. The van der Waals surface area contributed by atoms with Crippen molar-refractivity contribution in [3.8, 4) is 0 Å². The van der Waals surface area contributed by atoms with E-state index in [4.69, 9.17) is 4.74 Å². The zero-order chi connectivity index (χ0) is 14.5. The number of carbonyl (C=O) groups is 2. The van der Waals surface area contributed by atoms with Crippen molar-refractivity contribution >= 4 is 23.6 Å². The minimum atomic E-state index is -0.443. The molecule has 1 aromatic rings. The van der Waals surface area contributed by atoms with Gasteiger partial charge in [-0.15, -0.1) is 11.8 Å². The Morgan fingerprint density at radius 3 is 2.55 bits per heavy atom. The maximum Gasteiger partial charge on any atom is 0.328 e. The first-order valence-electron chi connectivity index (χ1n) is 6.70. The molecular formula is C15H19NO3S. The van der Waals surface area contributed by atoms with Crippen LogP contribution in [0.15, 0.2) is 29.2 Å². The Balaban J connectivity index is 2.18. The summed E-state index contributed by atoms with van der Waals surface area (Å²) in [6.07, 6.45) is 4.56. The van der Waals surface area contributed by atoms with Crippen molar-refractivity contribution in [2.75, 3.05) is 19.9 Å². The van der Waals surface area contributed by atoms with E-state index in [9.17, 15) is 9.59 Å². The predicted octanol–water partition coefficient (Wildman–Crippen LogP) is 2.58. The summed E-state index contributed by atoms with van der Waals surface area (Å²) in [7, 11) is 1.37. The minimum absolute atomic E-state index is 0.0900. The quantitative estimate of drug-likeness (QED) is 0.635. The molecular weight excluding hydrogens is 274 g/mol. The first-order chi connectivity index (χ1) is 9.67. The Labute approximate surface area is 123 Å². The summed E-state index contributed by atoms with van der Waals surface area (Å²) in [5.74, 6) is -0.411. The van der Waals surface area contributed by atoms with Crippen LogP contribution in [0.1, 0.15) is 29.6 Å². The van der Waals surface area contributed by atoms with Crippen molar-refractivity contribution in [2.24, 2.45) is 0 Å². The van der Waals surface area contributed by atoms with E-state index in [0.717, 1.165) is 17.7 Å². The highest BCUT2D eigenvalue weighted by Gasteiger charge is 2.33. The van der Waals surface area contributed by atoms with Gasteiger partial charge >= 0.3 is 5.97 Å². The molecule has 1 heterocycles. The van der Waals surface area contributed by atoms with Gasteiger partial charge in [0.05, 0.1) is 7.11 Å². The lowest BCUT2D eigenvalue weighted by atomic mass is 10.0. The van der Waals surface area contributed by atoms with Gasteiger partial charge in [-0.25, -0.2) is 4.79 Å². The molecule has 1 aliphatic heterocycles. The molecule has 0 bridgehead atoms. The van der Waals surface area contributed by atoms with E-state index >= 15 is 0 Å². The largest absolute Gasteiger partial charge is 0.467 e. The summed E-state index contributed by atoms with van der Waals surface area (Å²) in [6, 6.07) is 7.04. The van der Waals surface area contributed by atoms with Crippen LogP contribution in [0.3, 0.4) is 0 Å². The highest BCUT2D eigenvalue weighted by atomic mass is 32.2. The van der Waals surface area contributed by atoms with Gasteiger partial charge in [-0.2, -0.15) is 0 Å². The van der Waals surface area contributed by atoms with Gasteiger partial charge in [-0.3, -0.25) is 4.79 Å². The van der Waals surface area contributed by atoms with E-state index in [2.05, 4.69) is 0 Å². The smallest absolute Gasteiger partial charge is 0.328 e. The average Bonchev–Trinajstić information content (AvgIpc) is 2.53. The topological polar surface area (TPSA) is 46.6 Å². The van der Waals surface area contributed by atoms with Crippen molar-refractivity contribution in [3.05, 3.63) is 29.8 Å². The summed E-state index contributed by atoms with van der Waals surface area (Å²) < 4.78 is 4.81. The number of likely N-dealkylation sites (tertiary alicyclic amines) is 1. The van der Waals surface area contributed by atoms with Crippen LogP contribution in [0, 0.1) is 0 Å². The second-order valence-electron chi connectivity index (χ2n) is 4.76. The summed E-state index contributed by atoms with van der Waals surface area (Å²) in [6.45, 7) is 0.614. The van der Waals surface area contributed by atoms with Gasteiger partial charge in [0, 0.05) is 17.0 Å². The Morgan fingerprint density at radius 2 is 1.95 bits per heavy atom. The number of nitrogens with zero attached hydrogens (tertiary/aromatic N) is 1. The number of ether oxygens (including phenoxy) is 1. The Bertz CT molecular complexity index is 486. The van der Waals surface area contributed by atoms with Crippen LogP contribution in [-0.2, 0) is 9.53 Å². The van der Waals surface area contributed by atoms with Gasteiger partial charge in [0.15, 0.2) is 0 Å². The van der Waals surface area contributed by atoms with Crippen LogP contribution >= 0.6 is 11.8 Å². The monoisotopic (exact) mass is 293 g/mol. The van der Waals surface area contributed by atoms with Gasteiger partial charge in [0.25, 0.3) is 5.91 Å². The normalized spacial score (nSPS) is 18.7. The second-order valence-corrected chi connectivity index (χ2v) is 5.64. The number of rotatable bonds is 3. The lowest BCUT2D eigenvalue weighted by molar-refractivity contribution is -0.147. The number of piperidine rings is 1. The molecule has 1 aliphatic rings. The van der Waals surface area contributed by atoms with Gasteiger partial charge in [0.2, 0.25) is 0 Å². The molecule has 0 aliphatic carbocycles. The fraction of sp³-hybridized carbons (Fsp3) is 0.467.